The van der Waals surface area contributed by atoms with Crippen molar-refractivity contribution < 1.29 is 38.8 Å². The van der Waals surface area contributed by atoms with Crippen LogP contribution in [0.3, 0.4) is 0 Å². The van der Waals surface area contributed by atoms with E-state index < -0.39 is 47.3 Å². The van der Waals surface area contributed by atoms with Gasteiger partial charge in [0.1, 0.15) is 12.4 Å². The van der Waals surface area contributed by atoms with E-state index in [2.05, 4.69) is 6.92 Å². The molecular formula is C34H38O8. The molecule has 0 amide bonds. The first kappa shape index (κ1) is 27.9. The van der Waals surface area contributed by atoms with Crippen molar-refractivity contribution in [3.63, 3.8) is 0 Å². The topological polar surface area (TPSA) is 126 Å². The predicted octanol–water partition coefficient (Wildman–Crippen LogP) is 3.97. The lowest BCUT2D eigenvalue weighted by Gasteiger charge is -2.59. The highest BCUT2D eigenvalue weighted by atomic mass is 16.7. The fraction of sp³-hybridized carbons (Fsp3) is 0.529. The Kier molecular flexibility index (Phi) is 6.53. The van der Waals surface area contributed by atoms with E-state index in [4.69, 9.17) is 13.9 Å². The molecule has 1 aromatic carbocycles. The largest absolute Gasteiger partial charge is 0.469 e. The number of furan rings is 1. The molecule has 222 valence electrons. The van der Waals surface area contributed by atoms with Gasteiger partial charge in [-0.25, -0.2) is 0 Å². The molecule has 1 saturated heterocycles. The van der Waals surface area contributed by atoms with Crippen LogP contribution >= 0.6 is 0 Å². The summed E-state index contributed by atoms with van der Waals surface area (Å²) in [6, 6.07) is 9.53. The number of aliphatic hydroxyl groups is 3. The molecule has 1 aromatic heterocycles. The fourth-order valence-electron chi connectivity index (χ4n) is 9.49. The number of hydrogen-bond donors (Lipinski definition) is 3. The quantitative estimate of drug-likeness (QED) is 0.473. The first-order valence-corrected chi connectivity index (χ1v) is 15.0. The van der Waals surface area contributed by atoms with Gasteiger partial charge in [-0.05, 0) is 66.9 Å². The van der Waals surface area contributed by atoms with Gasteiger partial charge in [-0.2, -0.15) is 0 Å². The summed E-state index contributed by atoms with van der Waals surface area (Å²) >= 11 is 0. The molecule has 4 fully saturated rings. The maximum atomic E-state index is 13.7. The number of carbonyl (C=O) groups is 2. The Bertz CT molecular complexity index is 1490. The summed E-state index contributed by atoms with van der Waals surface area (Å²) in [5.74, 6) is 0.333. The summed E-state index contributed by atoms with van der Waals surface area (Å²) < 4.78 is 19.0. The molecular weight excluding hydrogens is 536 g/mol. The van der Waals surface area contributed by atoms with Crippen molar-refractivity contribution in [3.8, 4) is 0 Å². The lowest BCUT2D eigenvalue weighted by molar-refractivity contribution is -0.201. The number of hydrogen-bond acceptors (Lipinski definition) is 8. The molecule has 0 spiro atoms. The molecule has 1 aliphatic heterocycles. The number of aliphatic hydroxyl groups excluding tert-OH is 3. The minimum absolute atomic E-state index is 0.00659. The Labute approximate surface area is 245 Å². The van der Waals surface area contributed by atoms with Gasteiger partial charge in [0.05, 0.1) is 25.1 Å². The number of ether oxygens (including phenoxy) is 2. The van der Waals surface area contributed by atoms with E-state index in [0.29, 0.717) is 30.6 Å². The number of carbonyl (C=O) groups excluding carboxylic acids is 2. The van der Waals surface area contributed by atoms with Gasteiger partial charge in [-0.15, -0.1) is 0 Å². The van der Waals surface area contributed by atoms with Crippen LogP contribution in [-0.2, 0) is 32.1 Å². The lowest BCUT2D eigenvalue weighted by Crippen LogP contribution is -2.63. The van der Waals surface area contributed by atoms with Crippen LogP contribution in [0, 0.1) is 28.6 Å². The second-order valence-corrected chi connectivity index (χ2v) is 13.3. The average molecular weight is 575 g/mol. The van der Waals surface area contributed by atoms with Crippen LogP contribution in [0.1, 0.15) is 68.3 Å². The highest BCUT2D eigenvalue weighted by Gasteiger charge is 2.76. The van der Waals surface area contributed by atoms with Crippen LogP contribution < -0.4 is 0 Å². The van der Waals surface area contributed by atoms with Crippen molar-refractivity contribution in [2.75, 3.05) is 6.61 Å². The number of Topliss-reactive ketones (excluding diaryl/α,β-unsaturated/α-hetero) is 1. The maximum Gasteiger partial charge on any atom is 0.193 e. The molecule has 3 N–H and O–H groups in total. The molecule has 2 aromatic rings. The van der Waals surface area contributed by atoms with E-state index in [1.807, 2.05) is 43.3 Å². The third kappa shape index (κ3) is 3.85. The smallest absolute Gasteiger partial charge is 0.193 e. The van der Waals surface area contributed by atoms with E-state index >= 15 is 0 Å². The molecule has 0 unspecified atom stereocenters. The van der Waals surface area contributed by atoms with Crippen molar-refractivity contribution in [2.45, 2.75) is 76.7 Å². The summed E-state index contributed by atoms with van der Waals surface area (Å²) in [5.41, 5.74) is 0.986. The minimum atomic E-state index is -1.40. The van der Waals surface area contributed by atoms with E-state index in [1.165, 1.54) is 0 Å². The van der Waals surface area contributed by atoms with Crippen LogP contribution in [-0.4, -0.2) is 51.3 Å². The summed E-state index contributed by atoms with van der Waals surface area (Å²) in [5, 5.41) is 31.5. The standard InChI is InChI=1S/C34H38O8/c1-32-9-8-23(37)13-22(32)6-7-25-26-14-29-34(28(39)17-36,33(26,2)15-27(38)30(25)32)42-31(41-29)21-12-24(40-18-21)11-19-4-3-5-20(10-19)16-35/h3-5,8-10,12-13,18,25-27,29-31,35-36,38H,6-7,11,14-17H2,1-2H3/t25-,26-,27-,29+,30+,31+,32-,33-,34+/m0/s1. The molecule has 8 nitrogen and oxygen atoms in total. The Morgan fingerprint density at radius 2 is 1.95 bits per heavy atom. The van der Waals surface area contributed by atoms with Gasteiger partial charge in [-0.3, -0.25) is 9.59 Å². The molecule has 3 saturated carbocycles. The van der Waals surface area contributed by atoms with Gasteiger partial charge in [0, 0.05) is 28.7 Å². The molecule has 2 heterocycles. The van der Waals surface area contributed by atoms with Gasteiger partial charge in [0.25, 0.3) is 0 Å². The Balaban J connectivity index is 1.18. The van der Waals surface area contributed by atoms with Crippen molar-refractivity contribution in [2.24, 2.45) is 28.6 Å². The first-order valence-electron chi connectivity index (χ1n) is 15.0. The van der Waals surface area contributed by atoms with Crippen LogP contribution in [0.25, 0.3) is 0 Å². The van der Waals surface area contributed by atoms with Gasteiger partial charge in [0.2, 0.25) is 0 Å². The molecule has 9 atom stereocenters. The van der Waals surface area contributed by atoms with Gasteiger partial charge in [-0.1, -0.05) is 49.8 Å². The second kappa shape index (κ2) is 9.82. The third-order valence-corrected chi connectivity index (χ3v) is 11.3. The second-order valence-electron chi connectivity index (χ2n) is 13.3. The highest BCUT2D eigenvalue weighted by molar-refractivity contribution is 6.01. The molecule has 8 heteroatoms. The van der Waals surface area contributed by atoms with Crippen molar-refractivity contribution in [1.82, 2.24) is 0 Å². The van der Waals surface area contributed by atoms with Gasteiger partial charge >= 0.3 is 0 Å². The molecule has 0 bridgehead atoms. The molecule has 0 radical (unpaired) electrons. The maximum absolute atomic E-state index is 13.7. The number of ketones is 2. The fourth-order valence-corrected chi connectivity index (χ4v) is 9.49. The van der Waals surface area contributed by atoms with Crippen molar-refractivity contribution in [1.29, 1.82) is 0 Å². The molecule has 7 rings (SSSR count). The zero-order chi connectivity index (χ0) is 29.4. The molecule has 5 aliphatic rings. The highest BCUT2D eigenvalue weighted by Crippen LogP contribution is 2.70. The number of fused-ring (bicyclic) bond motifs is 7. The van der Waals surface area contributed by atoms with Gasteiger partial charge in [0.15, 0.2) is 23.5 Å². The molecule has 4 aliphatic carbocycles. The average Bonchev–Trinajstić information content (AvgIpc) is 3.65. The lowest BCUT2D eigenvalue weighted by atomic mass is 9.46. The minimum Gasteiger partial charge on any atom is -0.469 e. The SMILES string of the molecule is C[C@]12C=CC(=O)C=C1CC[C@@H]1[C@@H]2[C@@H](O)C[C@@]2(C)[C@H]1C[C@H]1O[C@@H](c3coc(Cc4cccc(CO)c4)c3)O[C@]12C(=O)CO. The number of benzene rings is 1. The van der Waals surface area contributed by atoms with E-state index in [-0.39, 0.29) is 30.1 Å². The summed E-state index contributed by atoms with van der Waals surface area (Å²) in [6.45, 7) is 3.44. The van der Waals surface area contributed by atoms with Crippen molar-refractivity contribution in [3.05, 3.63) is 82.8 Å². The Morgan fingerprint density at radius 1 is 1.14 bits per heavy atom. The predicted molar refractivity (Wildman–Crippen MR) is 151 cm³/mol. The Hall–Kier alpha value is -2.88. The van der Waals surface area contributed by atoms with Crippen molar-refractivity contribution >= 4 is 11.6 Å². The van der Waals surface area contributed by atoms with Gasteiger partial charge < -0.3 is 29.2 Å². The number of rotatable bonds is 6. The summed E-state index contributed by atoms with van der Waals surface area (Å²) in [6.07, 6.45) is 7.79. The zero-order valence-electron chi connectivity index (χ0n) is 24.0. The van der Waals surface area contributed by atoms with Crippen LogP contribution in [0.5, 0.6) is 0 Å². The van der Waals surface area contributed by atoms with Crippen LogP contribution in [0.2, 0.25) is 0 Å². The molecule has 42 heavy (non-hydrogen) atoms. The number of allylic oxidation sites excluding steroid dienone is 4. The Morgan fingerprint density at radius 3 is 2.74 bits per heavy atom. The van der Waals surface area contributed by atoms with Crippen LogP contribution in [0.15, 0.2) is 64.8 Å². The van der Waals surface area contributed by atoms with E-state index in [1.54, 1.807) is 18.4 Å². The third-order valence-electron chi connectivity index (χ3n) is 11.3. The summed E-state index contributed by atoms with van der Waals surface area (Å²) in [7, 11) is 0. The van der Waals surface area contributed by atoms with E-state index in [9.17, 15) is 24.9 Å². The van der Waals surface area contributed by atoms with E-state index in [0.717, 1.165) is 29.5 Å². The van der Waals surface area contributed by atoms with Crippen LogP contribution in [0.4, 0.5) is 0 Å². The zero-order valence-corrected chi connectivity index (χ0v) is 24.0. The normalized spacial score (nSPS) is 40.2. The summed E-state index contributed by atoms with van der Waals surface area (Å²) in [4.78, 5) is 25.9. The first-order chi connectivity index (χ1) is 20.1. The monoisotopic (exact) mass is 574 g/mol.